The normalized spacial score (nSPS) is 11.3. The molecule has 2 nitrogen and oxygen atoms in total. The Kier molecular flexibility index (Phi) is 4.68. The third kappa shape index (κ3) is 4.08. The Morgan fingerprint density at radius 1 is 1.05 bits per heavy atom. The van der Waals surface area contributed by atoms with Crippen molar-refractivity contribution in [3.63, 3.8) is 0 Å². The Morgan fingerprint density at radius 2 is 1.71 bits per heavy atom. The Bertz CT molecular complexity index is 605. The first-order chi connectivity index (χ1) is 9.90. The first-order valence-corrected chi connectivity index (χ1v) is 10.6. The van der Waals surface area contributed by atoms with Crippen molar-refractivity contribution in [1.29, 1.82) is 0 Å². The van der Waals surface area contributed by atoms with Gasteiger partial charge in [-0.25, -0.2) is 4.39 Å². The summed E-state index contributed by atoms with van der Waals surface area (Å²) in [6, 6.07) is 13.6. The van der Waals surface area contributed by atoms with Crippen LogP contribution in [0.2, 0.25) is 19.6 Å². The summed E-state index contributed by atoms with van der Waals surface area (Å²) in [6.07, 6.45) is 0. The van der Waals surface area contributed by atoms with E-state index >= 15 is 0 Å². The van der Waals surface area contributed by atoms with Crippen LogP contribution in [0.5, 0.6) is 5.75 Å². The summed E-state index contributed by atoms with van der Waals surface area (Å²) in [5, 5.41) is 4.67. The fraction of sp³-hybridized carbons (Fsp3) is 0.294. The van der Waals surface area contributed by atoms with Crippen molar-refractivity contribution in [3.8, 4) is 5.75 Å². The van der Waals surface area contributed by atoms with Crippen LogP contribution < -0.4 is 15.2 Å². The van der Waals surface area contributed by atoms with Crippen LogP contribution in [0, 0.1) is 5.82 Å². The van der Waals surface area contributed by atoms with Crippen molar-refractivity contribution >= 4 is 18.9 Å². The van der Waals surface area contributed by atoms with Crippen LogP contribution in [0.4, 0.5) is 10.1 Å². The van der Waals surface area contributed by atoms with Crippen LogP contribution >= 0.6 is 0 Å². The summed E-state index contributed by atoms with van der Waals surface area (Å²) in [5.41, 5.74) is 1.94. The Labute approximate surface area is 127 Å². The smallest absolute Gasteiger partial charge is 0.167 e. The van der Waals surface area contributed by atoms with E-state index in [0.717, 1.165) is 5.69 Å². The van der Waals surface area contributed by atoms with E-state index < -0.39 is 8.07 Å². The summed E-state index contributed by atoms with van der Waals surface area (Å²) < 4.78 is 18.5. The minimum absolute atomic E-state index is 0.264. The monoisotopic (exact) mass is 303 g/mol. The molecule has 2 rings (SSSR count). The topological polar surface area (TPSA) is 21.3 Å². The fourth-order valence-corrected chi connectivity index (χ4v) is 3.27. The molecule has 0 aliphatic carbocycles. The van der Waals surface area contributed by atoms with Crippen molar-refractivity contribution in [1.82, 2.24) is 0 Å². The highest BCUT2D eigenvalue weighted by molar-refractivity contribution is 6.88. The number of ether oxygens (including phenoxy) is 1. The number of hydrogen-bond acceptors (Lipinski definition) is 2. The average Bonchev–Trinajstić information content (AvgIpc) is 2.45. The summed E-state index contributed by atoms with van der Waals surface area (Å²) in [7, 11) is 0.219. The lowest BCUT2D eigenvalue weighted by Crippen LogP contribution is -2.37. The second-order valence-electron chi connectivity index (χ2n) is 6.15. The van der Waals surface area contributed by atoms with Gasteiger partial charge in [-0.3, -0.25) is 0 Å². The van der Waals surface area contributed by atoms with Gasteiger partial charge in [-0.05, 0) is 17.7 Å². The number of nitrogens with one attached hydrogen (secondary N) is 1. The molecule has 0 aliphatic rings. The summed E-state index contributed by atoms with van der Waals surface area (Å²) in [4.78, 5) is 0. The number of benzene rings is 2. The molecular weight excluding hydrogens is 281 g/mol. The molecule has 2 aromatic carbocycles. The molecule has 0 saturated heterocycles. The van der Waals surface area contributed by atoms with Gasteiger partial charge in [-0.2, -0.15) is 0 Å². The van der Waals surface area contributed by atoms with E-state index in [1.165, 1.54) is 23.9 Å². The maximum absolute atomic E-state index is 13.6. The number of hydrogen-bond donors (Lipinski definition) is 1. The molecule has 4 heteroatoms. The van der Waals surface area contributed by atoms with Crippen LogP contribution in [0.25, 0.3) is 0 Å². The fourth-order valence-electron chi connectivity index (χ4n) is 2.10. The second kappa shape index (κ2) is 6.31. The predicted octanol–water partition coefficient (Wildman–Crippen LogP) is 3.99. The molecule has 0 amide bonds. The quantitative estimate of drug-likeness (QED) is 0.843. The van der Waals surface area contributed by atoms with Gasteiger partial charge in [0.25, 0.3) is 0 Å². The highest BCUT2D eigenvalue weighted by Crippen LogP contribution is 2.21. The molecule has 2 aromatic rings. The van der Waals surface area contributed by atoms with Crippen molar-refractivity contribution in [2.24, 2.45) is 0 Å². The van der Waals surface area contributed by atoms with Crippen molar-refractivity contribution in [2.75, 3.05) is 12.4 Å². The van der Waals surface area contributed by atoms with Crippen LogP contribution in [0.1, 0.15) is 5.56 Å². The maximum Gasteiger partial charge on any atom is 0.167 e. The number of halogens is 1. The first-order valence-electron chi connectivity index (χ1n) is 7.07. The van der Waals surface area contributed by atoms with Gasteiger partial charge < -0.3 is 10.1 Å². The Hall–Kier alpha value is -1.81. The zero-order valence-electron chi connectivity index (χ0n) is 13.0. The lowest BCUT2D eigenvalue weighted by Gasteiger charge is -2.17. The zero-order chi connectivity index (χ0) is 15.5. The van der Waals surface area contributed by atoms with E-state index in [0.29, 0.717) is 6.54 Å². The molecule has 21 heavy (non-hydrogen) atoms. The van der Waals surface area contributed by atoms with Crippen LogP contribution in [-0.2, 0) is 6.54 Å². The van der Waals surface area contributed by atoms with E-state index in [9.17, 15) is 4.39 Å². The molecule has 0 bridgehead atoms. The van der Waals surface area contributed by atoms with E-state index in [2.05, 4.69) is 49.2 Å². The van der Waals surface area contributed by atoms with Crippen molar-refractivity contribution in [2.45, 2.75) is 26.2 Å². The molecular formula is C17H22FNOSi. The lowest BCUT2D eigenvalue weighted by molar-refractivity contribution is 0.386. The average molecular weight is 303 g/mol. The molecule has 0 heterocycles. The first kappa shape index (κ1) is 15.6. The number of rotatable bonds is 5. The molecule has 112 valence electrons. The van der Waals surface area contributed by atoms with Crippen LogP contribution in [0.15, 0.2) is 42.5 Å². The SMILES string of the molecule is COc1ccc(NCc2ccc([Si](C)(C)C)cc2)cc1F. The number of anilines is 1. The van der Waals surface area contributed by atoms with Crippen molar-refractivity contribution < 1.29 is 9.13 Å². The van der Waals surface area contributed by atoms with Crippen LogP contribution in [-0.4, -0.2) is 15.2 Å². The minimum Gasteiger partial charge on any atom is -0.494 e. The highest BCUT2D eigenvalue weighted by atomic mass is 28.3. The molecule has 0 unspecified atom stereocenters. The third-order valence-electron chi connectivity index (χ3n) is 3.47. The molecule has 1 N–H and O–H groups in total. The summed E-state index contributed by atoms with van der Waals surface area (Å²) >= 11 is 0. The maximum atomic E-state index is 13.6. The molecule has 0 atom stereocenters. The summed E-state index contributed by atoms with van der Waals surface area (Å²) in [5.74, 6) is -0.0865. The largest absolute Gasteiger partial charge is 0.494 e. The zero-order valence-corrected chi connectivity index (χ0v) is 14.0. The lowest BCUT2D eigenvalue weighted by atomic mass is 10.2. The Balaban J connectivity index is 2.01. The van der Waals surface area contributed by atoms with Gasteiger partial charge in [0.15, 0.2) is 11.6 Å². The Morgan fingerprint density at radius 3 is 2.24 bits per heavy atom. The van der Waals surface area contributed by atoms with Gasteiger partial charge in [-0.15, -0.1) is 0 Å². The second-order valence-corrected chi connectivity index (χ2v) is 11.2. The molecule has 0 aliphatic heterocycles. The van der Waals surface area contributed by atoms with E-state index in [1.54, 1.807) is 6.07 Å². The van der Waals surface area contributed by atoms with Crippen molar-refractivity contribution in [3.05, 3.63) is 53.8 Å². The van der Waals surface area contributed by atoms with Gasteiger partial charge in [0.1, 0.15) is 0 Å². The van der Waals surface area contributed by atoms with E-state index in [1.807, 2.05) is 6.07 Å². The third-order valence-corrected chi connectivity index (χ3v) is 5.53. The highest BCUT2D eigenvalue weighted by Gasteiger charge is 2.15. The van der Waals surface area contributed by atoms with Crippen LogP contribution in [0.3, 0.4) is 0 Å². The molecule has 0 aromatic heterocycles. The van der Waals surface area contributed by atoms with Gasteiger partial charge in [0.2, 0.25) is 0 Å². The predicted molar refractivity (Wildman–Crippen MR) is 89.7 cm³/mol. The standard InChI is InChI=1S/C17H22FNOSi/c1-20-17-10-7-14(11-16(17)18)19-12-13-5-8-15(9-6-13)21(2,3)4/h5-11,19H,12H2,1-4H3. The van der Waals surface area contributed by atoms with Gasteiger partial charge in [-0.1, -0.05) is 49.1 Å². The minimum atomic E-state index is -1.25. The summed E-state index contributed by atoms with van der Waals surface area (Å²) in [6.45, 7) is 7.68. The van der Waals surface area contributed by atoms with Gasteiger partial charge in [0.05, 0.1) is 15.2 Å². The van der Waals surface area contributed by atoms with Gasteiger partial charge in [0, 0.05) is 18.3 Å². The van der Waals surface area contributed by atoms with E-state index in [-0.39, 0.29) is 11.6 Å². The number of methoxy groups -OCH3 is 1. The molecule has 0 saturated carbocycles. The van der Waals surface area contributed by atoms with E-state index in [4.69, 9.17) is 4.74 Å². The molecule has 0 radical (unpaired) electrons. The van der Waals surface area contributed by atoms with Gasteiger partial charge >= 0.3 is 0 Å². The molecule has 0 fully saturated rings. The molecule has 0 spiro atoms.